The number of rotatable bonds is 4. The Bertz CT molecular complexity index is 619. The van der Waals surface area contributed by atoms with Gasteiger partial charge in [-0.05, 0) is 41.5 Å². The van der Waals surface area contributed by atoms with Crippen LogP contribution in [-0.2, 0) is 6.42 Å². The second-order valence-corrected chi connectivity index (χ2v) is 5.61. The average Bonchev–Trinajstić information content (AvgIpc) is 2.44. The van der Waals surface area contributed by atoms with Crippen LogP contribution in [-0.4, -0.2) is 12.2 Å². The molecule has 0 amide bonds. The van der Waals surface area contributed by atoms with Crippen LogP contribution in [0.5, 0.6) is 5.75 Å². The summed E-state index contributed by atoms with van der Waals surface area (Å²) in [6, 6.07) is 9.81. The standard InChI is InChI=1S/C15H13BrClFO2/c1-20-11-3-4-12(16)10(6-11)8-15(19)9-2-5-13(17)14(18)7-9/h2-7,15,19H,8H2,1H3. The summed E-state index contributed by atoms with van der Waals surface area (Å²) in [5, 5.41) is 10.3. The Morgan fingerprint density at radius 1 is 1.30 bits per heavy atom. The summed E-state index contributed by atoms with van der Waals surface area (Å²) in [7, 11) is 1.58. The smallest absolute Gasteiger partial charge is 0.142 e. The van der Waals surface area contributed by atoms with Crippen LogP contribution in [0, 0.1) is 5.82 Å². The summed E-state index contributed by atoms with van der Waals surface area (Å²) in [5.74, 6) is 0.172. The third kappa shape index (κ3) is 3.51. The van der Waals surface area contributed by atoms with Gasteiger partial charge in [-0.1, -0.05) is 33.6 Å². The van der Waals surface area contributed by atoms with Crippen molar-refractivity contribution in [2.45, 2.75) is 12.5 Å². The highest BCUT2D eigenvalue weighted by Gasteiger charge is 2.13. The molecule has 0 spiro atoms. The van der Waals surface area contributed by atoms with Gasteiger partial charge < -0.3 is 9.84 Å². The molecule has 1 atom stereocenters. The fourth-order valence-corrected chi connectivity index (χ4v) is 2.41. The van der Waals surface area contributed by atoms with Crippen LogP contribution in [0.3, 0.4) is 0 Å². The Morgan fingerprint density at radius 3 is 2.70 bits per heavy atom. The predicted octanol–water partition coefficient (Wildman–Crippen LogP) is 4.53. The number of aliphatic hydroxyl groups excluding tert-OH is 1. The summed E-state index contributed by atoms with van der Waals surface area (Å²) in [4.78, 5) is 0. The van der Waals surface area contributed by atoms with Crippen molar-refractivity contribution in [3.05, 3.63) is 62.8 Å². The van der Waals surface area contributed by atoms with Gasteiger partial charge in [-0.3, -0.25) is 0 Å². The molecule has 2 aromatic rings. The van der Waals surface area contributed by atoms with Gasteiger partial charge in [0.2, 0.25) is 0 Å². The summed E-state index contributed by atoms with van der Waals surface area (Å²) in [6.07, 6.45) is -0.469. The maximum atomic E-state index is 13.4. The first-order chi connectivity index (χ1) is 9.51. The van der Waals surface area contributed by atoms with Gasteiger partial charge in [-0.15, -0.1) is 0 Å². The number of aliphatic hydroxyl groups is 1. The van der Waals surface area contributed by atoms with Crippen molar-refractivity contribution in [3.63, 3.8) is 0 Å². The fourth-order valence-electron chi connectivity index (χ4n) is 1.88. The number of hydrogen-bond donors (Lipinski definition) is 1. The Balaban J connectivity index is 2.22. The van der Waals surface area contributed by atoms with Crippen molar-refractivity contribution in [1.82, 2.24) is 0 Å². The SMILES string of the molecule is COc1ccc(Br)c(CC(O)c2ccc(Cl)c(F)c2)c1. The maximum Gasteiger partial charge on any atom is 0.142 e. The largest absolute Gasteiger partial charge is 0.497 e. The minimum absolute atomic E-state index is 0.0449. The van der Waals surface area contributed by atoms with Crippen molar-refractivity contribution in [1.29, 1.82) is 0 Å². The van der Waals surface area contributed by atoms with E-state index in [2.05, 4.69) is 15.9 Å². The van der Waals surface area contributed by atoms with Crippen molar-refractivity contribution in [3.8, 4) is 5.75 Å². The lowest BCUT2D eigenvalue weighted by Gasteiger charge is -2.13. The molecule has 106 valence electrons. The molecule has 0 aliphatic heterocycles. The molecule has 0 heterocycles. The number of hydrogen-bond acceptors (Lipinski definition) is 2. The van der Waals surface area contributed by atoms with E-state index >= 15 is 0 Å². The number of halogens is 3. The van der Waals surface area contributed by atoms with Crippen LogP contribution in [0.1, 0.15) is 17.2 Å². The monoisotopic (exact) mass is 358 g/mol. The number of methoxy groups -OCH3 is 1. The van der Waals surface area contributed by atoms with Crippen molar-refractivity contribution >= 4 is 27.5 Å². The highest BCUT2D eigenvalue weighted by molar-refractivity contribution is 9.10. The van der Waals surface area contributed by atoms with Gasteiger partial charge in [-0.2, -0.15) is 0 Å². The van der Waals surface area contributed by atoms with Crippen LogP contribution in [0.4, 0.5) is 4.39 Å². The van der Waals surface area contributed by atoms with Crippen molar-refractivity contribution in [2.75, 3.05) is 7.11 Å². The molecule has 0 bridgehead atoms. The minimum Gasteiger partial charge on any atom is -0.497 e. The third-order valence-electron chi connectivity index (χ3n) is 2.99. The van der Waals surface area contributed by atoms with Gasteiger partial charge in [0.15, 0.2) is 0 Å². The average molecular weight is 360 g/mol. The summed E-state index contributed by atoms with van der Waals surface area (Å²) in [6.45, 7) is 0. The summed E-state index contributed by atoms with van der Waals surface area (Å²) in [5.41, 5.74) is 1.37. The lowest BCUT2D eigenvalue weighted by molar-refractivity contribution is 0.177. The molecule has 0 aromatic heterocycles. The van der Waals surface area contributed by atoms with E-state index in [1.54, 1.807) is 13.2 Å². The van der Waals surface area contributed by atoms with E-state index in [1.807, 2.05) is 18.2 Å². The van der Waals surface area contributed by atoms with Crippen LogP contribution in [0.2, 0.25) is 5.02 Å². The molecule has 2 nitrogen and oxygen atoms in total. The zero-order valence-electron chi connectivity index (χ0n) is 10.7. The maximum absolute atomic E-state index is 13.4. The van der Waals surface area contributed by atoms with Gasteiger partial charge in [0, 0.05) is 10.9 Å². The molecule has 0 aliphatic carbocycles. The molecule has 0 radical (unpaired) electrons. The molecular weight excluding hydrogens is 347 g/mol. The first kappa shape index (κ1) is 15.3. The lowest BCUT2D eigenvalue weighted by Crippen LogP contribution is -2.03. The Kier molecular flexibility index (Phi) is 5.02. The van der Waals surface area contributed by atoms with E-state index in [0.717, 1.165) is 10.0 Å². The van der Waals surface area contributed by atoms with Crippen LogP contribution in [0.15, 0.2) is 40.9 Å². The van der Waals surface area contributed by atoms with Crippen LogP contribution in [0.25, 0.3) is 0 Å². The van der Waals surface area contributed by atoms with Gasteiger partial charge in [-0.25, -0.2) is 4.39 Å². The van der Waals surface area contributed by atoms with E-state index in [-0.39, 0.29) is 5.02 Å². The van der Waals surface area contributed by atoms with Gasteiger partial charge in [0.1, 0.15) is 11.6 Å². The number of ether oxygens (including phenoxy) is 1. The highest BCUT2D eigenvalue weighted by atomic mass is 79.9. The van der Waals surface area contributed by atoms with Crippen molar-refractivity contribution < 1.29 is 14.2 Å². The zero-order valence-corrected chi connectivity index (χ0v) is 13.1. The zero-order chi connectivity index (χ0) is 14.7. The van der Waals surface area contributed by atoms with E-state index < -0.39 is 11.9 Å². The molecule has 1 unspecified atom stereocenters. The van der Waals surface area contributed by atoms with E-state index in [4.69, 9.17) is 16.3 Å². The second-order valence-electron chi connectivity index (χ2n) is 4.35. The Labute approximate surface area is 130 Å². The lowest BCUT2D eigenvalue weighted by atomic mass is 10.0. The topological polar surface area (TPSA) is 29.5 Å². The normalized spacial score (nSPS) is 12.2. The molecule has 0 aliphatic rings. The molecule has 2 rings (SSSR count). The molecular formula is C15H13BrClFO2. The van der Waals surface area contributed by atoms with Gasteiger partial charge in [0.05, 0.1) is 18.2 Å². The first-order valence-corrected chi connectivity index (χ1v) is 7.14. The quantitative estimate of drug-likeness (QED) is 0.869. The predicted molar refractivity (Wildman–Crippen MR) is 80.8 cm³/mol. The van der Waals surface area contributed by atoms with Crippen LogP contribution < -0.4 is 4.74 Å². The summed E-state index contributed by atoms with van der Waals surface area (Å²) >= 11 is 9.05. The fraction of sp³-hybridized carbons (Fsp3) is 0.200. The summed E-state index contributed by atoms with van der Waals surface area (Å²) < 4.78 is 19.4. The van der Waals surface area contributed by atoms with E-state index in [0.29, 0.717) is 17.7 Å². The van der Waals surface area contributed by atoms with Gasteiger partial charge in [0.25, 0.3) is 0 Å². The second kappa shape index (κ2) is 6.57. The highest BCUT2D eigenvalue weighted by Crippen LogP contribution is 2.28. The molecule has 0 fully saturated rings. The molecule has 5 heteroatoms. The molecule has 1 N–H and O–H groups in total. The molecule has 0 saturated carbocycles. The molecule has 2 aromatic carbocycles. The third-order valence-corrected chi connectivity index (χ3v) is 4.07. The Hall–Kier alpha value is -1.10. The Morgan fingerprint density at radius 2 is 2.05 bits per heavy atom. The molecule has 0 saturated heterocycles. The van der Waals surface area contributed by atoms with Crippen LogP contribution >= 0.6 is 27.5 Å². The minimum atomic E-state index is -0.815. The van der Waals surface area contributed by atoms with Gasteiger partial charge >= 0.3 is 0 Å². The van der Waals surface area contributed by atoms with E-state index in [9.17, 15) is 9.50 Å². The molecule has 20 heavy (non-hydrogen) atoms. The van der Waals surface area contributed by atoms with E-state index in [1.165, 1.54) is 12.1 Å². The number of benzene rings is 2. The first-order valence-electron chi connectivity index (χ1n) is 5.96. The van der Waals surface area contributed by atoms with Crippen molar-refractivity contribution in [2.24, 2.45) is 0 Å².